The van der Waals surface area contributed by atoms with E-state index in [1.54, 1.807) is 18.2 Å². The van der Waals surface area contributed by atoms with Crippen LogP contribution in [0.25, 0.3) is 0 Å². The third-order valence-corrected chi connectivity index (χ3v) is 5.10. The highest BCUT2D eigenvalue weighted by molar-refractivity contribution is 7.92. The first kappa shape index (κ1) is 19.3. The molecule has 2 rings (SSSR count). The minimum absolute atomic E-state index is 0.267. The third kappa shape index (κ3) is 5.47. The van der Waals surface area contributed by atoms with Gasteiger partial charge in [-0.15, -0.1) is 0 Å². The molecule has 0 aliphatic rings. The molecule has 1 N–H and O–H groups in total. The molecule has 0 heterocycles. The van der Waals surface area contributed by atoms with Gasteiger partial charge in [0.1, 0.15) is 6.54 Å². The summed E-state index contributed by atoms with van der Waals surface area (Å²) in [5.74, 6) is -0.374. The van der Waals surface area contributed by atoms with Crippen molar-refractivity contribution in [2.24, 2.45) is 0 Å². The van der Waals surface area contributed by atoms with Gasteiger partial charge in [-0.2, -0.15) is 0 Å². The van der Waals surface area contributed by atoms with Gasteiger partial charge in [0.05, 0.1) is 11.9 Å². The van der Waals surface area contributed by atoms with Gasteiger partial charge >= 0.3 is 0 Å². The number of sulfonamides is 1. The Bertz CT molecular complexity index is 864. The Morgan fingerprint density at radius 2 is 1.76 bits per heavy atom. The second kappa shape index (κ2) is 7.89. The summed E-state index contributed by atoms with van der Waals surface area (Å²) in [6.07, 6.45) is 1.10. The van der Waals surface area contributed by atoms with Crippen LogP contribution < -0.4 is 9.62 Å². The van der Waals surface area contributed by atoms with E-state index in [-0.39, 0.29) is 12.5 Å². The van der Waals surface area contributed by atoms with Gasteiger partial charge in [0.15, 0.2) is 0 Å². The fourth-order valence-corrected chi connectivity index (χ4v) is 3.39. The molecule has 0 aromatic heterocycles. The monoisotopic (exact) mass is 380 g/mol. The van der Waals surface area contributed by atoms with Gasteiger partial charge in [0, 0.05) is 11.6 Å². The smallest absolute Gasteiger partial charge is 0.241 e. The predicted octanol–water partition coefficient (Wildman–Crippen LogP) is 3.04. The van der Waals surface area contributed by atoms with E-state index in [4.69, 9.17) is 11.6 Å². The van der Waals surface area contributed by atoms with Crippen LogP contribution >= 0.6 is 11.6 Å². The number of hydrogen-bond acceptors (Lipinski definition) is 3. The summed E-state index contributed by atoms with van der Waals surface area (Å²) in [6, 6.07) is 12.6. The summed E-state index contributed by atoms with van der Waals surface area (Å²) in [5.41, 5.74) is 3.12. The van der Waals surface area contributed by atoms with Crippen molar-refractivity contribution in [2.45, 2.75) is 20.4 Å². The molecule has 25 heavy (non-hydrogen) atoms. The Balaban J connectivity index is 2.13. The Labute approximate surface area is 153 Å². The van der Waals surface area contributed by atoms with Gasteiger partial charge in [0.25, 0.3) is 0 Å². The minimum atomic E-state index is -3.59. The predicted molar refractivity (Wildman–Crippen MR) is 101 cm³/mol. The van der Waals surface area contributed by atoms with Crippen molar-refractivity contribution in [1.82, 2.24) is 5.32 Å². The molecule has 0 saturated heterocycles. The molecule has 2 aromatic rings. The number of nitrogens with zero attached hydrogens (tertiary/aromatic N) is 1. The van der Waals surface area contributed by atoms with Gasteiger partial charge in [-0.25, -0.2) is 8.42 Å². The number of aryl methyl sites for hydroxylation is 2. The lowest BCUT2D eigenvalue weighted by atomic mass is 10.1. The van der Waals surface area contributed by atoms with E-state index < -0.39 is 10.0 Å². The third-order valence-electron chi connectivity index (χ3n) is 3.72. The molecule has 0 aliphatic heterocycles. The molecule has 0 bridgehead atoms. The molecule has 5 nitrogen and oxygen atoms in total. The molecule has 0 aliphatic carbocycles. The fraction of sp³-hybridized carbons (Fsp3) is 0.278. The Morgan fingerprint density at radius 1 is 1.12 bits per heavy atom. The van der Waals surface area contributed by atoms with Crippen molar-refractivity contribution >= 4 is 33.2 Å². The van der Waals surface area contributed by atoms with Crippen LogP contribution in [0.3, 0.4) is 0 Å². The molecule has 7 heteroatoms. The molecular weight excluding hydrogens is 360 g/mol. The first-order chi connectivity index (χ1) is 11.7. The van der Waals surface area contributed by atoms with E-state index in [2.05, 4.69) is 5.32 Å². The summed E-state index contributed by atoms with van der Waals surface area (Å²) in [5, 5.41) is 3.36. The van der Waals surface area contributed by atoms with Crippen LogP contribution in [0.15, 0.2) is 42.5 Å². The number of nitrogens with one attached hydrogen (secondary N) is 1. The average molecular weight is 381 g/mol. The van der Waals surface area contributed by atoms with Crippen LogP contribution in [0, 0.1) is 13.8 Å². The maximum absolute atomic E-state index is 12.3. The fourth-order valence-electron chi connectivity index (χ4n) is 2.36. The molecule has 1 amide bonds. The minimum Gasteiger partial charge on any atom is -0.350 e. The summed E-state index contributed by atoms with van der Waals surface area (Å²) in [7, 11) is -3.59. The zero-order chi connectivity index (χ0) is 18.6. The van der Waals surface area contributed by atoms with E-state index in [9.17, 15) is 13.2 Å². The van der Waals surface area contributed by atoms with E-state index in [1.807, 2.05) is 38.1 Å². The lowest BCUT2D eigenvalue weighted by Crippen LogP contribution is -2.40. The highest BCUT2D eigenvalue weighted by atomic mass is 35.5. The summed E-state index contributed by atoms with van der Waals surface area (Å²) >= 11 is 5.83. The number of halogens is 1. The Hall–Kier alpha value is -2.05. The van der Waals surface area contributed by atoms with Gasteiger partial charge < -0.3 is 5.32 Å². The number of carbonyl (C=O) groups is 1. The van der Waals surface area contributed by atoms with Crippen molar-refractivity contribution < 1.29 is 13.2 Å². The quantitative estimate of drug-likeness (QED) is 0.837. The van der Waals surface area contributed by atoms with Crippen LogP contribution in [0.2, 0.25) is 5.02 Å². The average Bonchev–Trinajstić information content (AvgIpc) is 2.53. The number of benzene rings is 2. The number of anilines is 1. The van der Waals surface area contributed by atoms with E-state index in [0.717, 1.165) is 27.3 Å². The van der Waals surface area contributed by atoms with Crippen LogP contribution in [-0.2, 0) is 21.4 Å². The number of amides is 1. The second-order valence-corrected chi connectivity index (χ2v) is 8.31. The van der Waals surface area contributed by atoms with E-state index in [1.165, 1.54) is 0 Å². The largest absolute Gasteiger partial charge is 0.350 e. The van der Waals surface area contributed by atoms with Gasteiger partial charge in [0.2, 0.25) is 15.9 Å². The zero-order valence-electron chi connectivity index (χ0n) is 14.4. The SMILES string of the molecule is Cc1ccc(C)c(N(CC(=O)NCc2ccc(Cl)cc2)S(C)(=O)=O)c1. The van der Waals surface area contributed by atoms with Crippen molar-refractivity contribution in [3.63, 3.8) is 0 Å². The van der Waals surface area contributed by atoms with Crippen molar-refractivity contribution in [3.8, 4) is 0 Å². The van der Waals surface area contributed by atoms with Gasteiger partial charge in [-0.1, -0.05) is 35.9 Å². The molecule has 0 fully saturated rings. The highest BCUT2D eigenvalue weighted by Crippen LogP contribution is 2.23. The first-order valence-corrected chi connectivity index (χ1v) is 9.95. The normalized spacial score (nSPS) is 11.2. The Morgan fingerprint density at radius 3 is 2.36 bits per heavy atom. The van der Waals surface area contributed by atoms with Gasteiger partial charge in [-0.05, 0) is 48.7 Å². The molecule has 0 radical (unpaired) electrons. The van der Waals surface area contributed by atoms with Crippen molar-refractivity contribution in [2.75, 3.05) is 17.1 Å². The summed E-state index contributed by atoms with van der Waals surface area (Å²) in [4.78, 5) is 12.3. The van der Waals surface area contributed by atoms with Crippen LogP contribution in [-0.4, -0.2) is 27.1 Å². The molecule has 134 valence electrons. The Kier molecular flexibility index (Phi) is 6.08. The summed E-state index contributed by atoms with van der Waals surface area (Å²) < 4.78 is 25.5. The first-order valence-electron chi connectivity index (χ1n) is 7.73. The maximum atomic E-state index is 12.3. The van der Waals surface area contributed by atoms with E-state index in [0.29, 0.717) is 17.3 Å². The lowest BCUT2D eigenvalue weighted by molar-refractivity contribution is -0.119. The molecule has 0 saturated carbocycles. The van der Waals surface area contributed by atoms with Crippen molar-refractivity contribution in [3.05, 3.63) is 64.2 Å². The standard InChI is InChI=1S/C18H21ClN2O3S/c1-13-4-5-14(2)17(10-13)21(25(3,23)24)12-18(22)20-11-15-6-8-16(19)9-7-15/h4-10H,11-12H2,1-3H3,(H,20,22). The van der Waals surface area contributed by atoms with Crippen LogP contribution in [0.1, 0.15) is 16.7 Å². The molecule has 0 unspecified atom stereocenters. The molecule has 2 aromatic carbocycles. The second-order valence-electron chi connectivity index (χ2n) is 5.96. The number of carbonyl (C=O) groups excluding carboxylic acids is 1. The number of rotatable bonds is 6. The lowest BCUT2D eigenvalue weighted by Gasteiger charge is -2.24. The number of hydrogen-bond donors (Lipinski definition) is 1. The molecular formula is C18H21ClN2O3S. The molecule has 0 atom stereocenters. The maximum Gasteiger partial charge on any atom is 0.241 e. The van der Waals surface area contributed by atoms with Crippen molar-refractivity contribution in [1.29, 1.82) is 0 Å². The van der Waals surface area contributed by atoms with E-state index >= 15 is 0 Å². The highest BCUT2D eigenvalue weighted by Gasteiger charge is 2.22. The molecule has 0 spiro atoms. The van der Waals surface area contributed by atoms with Crippen LogP contribution in [0.4, 0.5) is 5.69 Å². The topological polar surface area (TPSA) is 66.5 Å². The van der Waals surface area contributed by atoms with Gasteiger partial charge in [-0.3, -0.25) is 9.10 Å². The van der Waals surface area contributed by atoms with Crippen LogP contribution in [0.5, 0.6) is 0 Å². The zero-order valence-corrected chi connectivity index (χ0v) is 16.0. The summed E-state index contributed by atoms with van der Waals surface area (Å²) in [6.45, 7) is 3.74.